The van der Waals surface area contributed by atoms with E-state index in [0.717, 1.165) is 0 Å². The summed E-state index contributed by atoms with van der Waals surface area (Å²) in [7, 11) is 0. The standard InChI is InChI=1S/6H2O3S.U/c6*1-4(2)3;/h6*(H2,1,2,3);/q;;;;;;+6/p-6. The van der Waals surface area contributed by atoms with Crippen LogP contribution in [0.15, 0.2) is 0 Å². The molecule has 0 bridgehead atoms. The van der Waals surface area contributed by atoms with Crippen LogP contribution in [0.2, 0.25) is 0 Å². The quantitative estimate of drug-likeness (QED) is 0.130. The second-order valence-corrected chi connectivity index (χ2v) is 3.91. The molecule has 0 aromatic rings. The molecular formula is H6O18S6U. The normalized spacial score (nSPS) is 14.9. The van der Waals surface area contributed by atoms with Crippen molar-refractivity contribution in [1.29, 1.82) is 0 Å². The maximum absolute atomic E-state index is 8.56. The van der Waals surface area contributed by atoms with Crippen molar-refractivity contribution in [1.82, 2.24) is 0 Å². The van der Waals surface area contributed by atoms with E-state index in [9.17, 15) is 0 Å². The predicted octanol–water partition coefficient (Wildman–Crippen LogP) is -3.97. The average molecular weight is 724 g/mol. The number of hydrogen-bond acceptors (Lipinski definition) is 12. The minimum Gasteiger partial charge on any atom is -0.750 e. The van der Waals surface area contributed by atoms with E-state index in [1.165, 1.54) is 0 Å². The molecule has 0 fully saturated rings. The fraction of sp³-hybridized carbons (Fsp3) is 0. The van der Waals surface area contributed by atoms with E-state index in [1.807, 2.05) is 0 Å². The predicted molar refractivity (Wildman–Crippen MR) is 69.3 cm³/mol. The Morgan fingerprint density at radius 3 is 0.360 bits per heavy atom. The Kier molecular flexibility index (Phi) is 72.9. The summed E-state index contributed by atoms with van der Waals surface area (Å²) in [5.74, 6) is 0. The molecule has 0 aromatic carbocycles. The third kappa shape index (κ3) is 6480. The van der Waals surface area contributed by atoms with Gasteiger partial charge in [-0.15, -0.1) is 0 Å². The molecule has 0 aliphatic rings. The van der Waals surface area contributed by atoms with Crippen molar-refractivity contribution in [2.75, 3.05) is 0 Å². The van der Waals surface area contributed by atoms with Gasteiger partial charge in [0, 0.05) is 0 Å². The van der Waals surface area contributed by atoms with Gasteiger partial charge >= 0.3 is 31.1 Å². The van der Waals surface area contributed by atoms with Crippen molar-refractivity contribution in [3.05, 3.63) is 0 Å². The first-order valence-corrected chi connectivity index (χ1v) is 9.29. The summed E-state index contributed by atoms with van der Waals surface area (Å²) in [5, 5.41) is 0. The van der Waals surface area contributed by atoms with E-state index in [2.05, 4.69) is 0 Å². The molecule has 6 N–H and O–H groups in total. The maximum atomic E-state index is 8.56. The van der Waals surface area contributed by atoms with Gasteiger partial charge in [-0.2, -0.15) is 0 Å². The first-order valence-electron chi connectivity index (χ1n) is 3.10. The average Bonchev–Trinajstić information content (AvgIpc) is 2.08. The van der Waals surface area contributed by atoms with Gasteiger partial charge in [-0.25, -0.2) is 25.3 Å². The van der Waals surface area contributed by atoms with E-state index in [1.54, 1.807) is 0 Å². The molecule has 0 saturated heterocycles. The molecular weight excluding hydrogens is 718 g/mol. The minimum absolute atomic E-state index is 0. The van der Waals surface area contributed by atoms with Gasteiger partial charge in [-0.1, -0.05) is 0 Å². The van der Waals surface area contributed by atoms with Gasteiger partial charge in [0.2, 0.25) is 0 Å². The molecule has 0 heterocycles. The topological polar surface area (TPSA) is 362 Å². The molecule has 0 aromatic heterocycles. The van der Waals surface area contributed by atoms with E-state index < -0.39 is 68.2 Å². The Labute approximate surface area is 178 Å². The monoisotopic (exact) mass is 724 g/mol. The molecule has 6 unspecified atom stereocenters. The van der Waals surface area contributed by atoms with E-state index in [4.69, 9.17) is 79.9 Å². The Balaban J connectivity index is -0.0000000309. The van der Waals surface area contributed by atoms with Crippen LogP contribution >= 0.6 is 0 Å². The van der Waals surface area contributed by atoms with E-state index in [-0.39, 0.29) is 31.1 Å². The smallest absolute Gasteiger partial charge is 0.750 e. The molecule has 0 rings (SSSR count). The number of hydrogen-bond donors (Lipinski definition) is 6. The molecule has 0 spiro atoms. The van der Waals surface area contributed by atoms with Crippen molar-refractivity contribution in [3.63, 3.8) is 0 Å². The molecule has 154 valence electrons. The molecule has 0 aliphatic heterocycles. The first kappa shape index (κ1) is 45.3. The van der Waals surface area contributed by atoms with Gasteiger partial charge in [0.05, 0.1) is 68.2 Å². The summed E-state index contributed by atoms with van der Waals surface area (Å²) in [5.41, 5.74) is 0. The van der Waals surface area contributed by atoms with Gasteiger partial charge in [0.15, 0.2) is 0 Å². The van der Waals surface area contributed by atoms with Gasteiger partial charge in [0.1, 0.15) is 0 Å². The first-order chi connectivity index (χ1) is 10.4. The molecule has 0 saturated carbocycles. The largest absolute Gasteiger partial charge is 6.00 e. The molecule has 25 heteroatoms. The second-order valence-electron chi connectivity index (χ2n) is 1.30. The molecule has 0 aliphatic carbocycles. The van der Waals surface area contributed by atoms with Gasteiger partial charge in [-0.05, 0) is 0 Å². The van der Waals surface area contributed by atoms with Crippen LogP contribution in [0, 0.1) is 31.1 Å². The zero-order chi connectivity index (χ0) is 21.5. The summed E-state index contributed by atoms with van der Waals surface area (Å²) in [6.45, 7) is 0. The van der Waals surface area contributed by atoms with Crippen molar-refractivity contribution >= 4 is 68.2 Å². The van der Waals surface area contributed by atoms with Gasteiger partial charge < -0.3 is 54.6 Å². The van der Waals surface area contributed by atoms with Crippen LogP contribution in [0.1, 0.15) is 0 Å². The SMILES string of the molecule is O=S([O-])O.O=S([O-])O.O=S([O-])O.O=S([O-])O.O=S([O-])O.O=S([O-])O.[U+6]. The van der Waals surface area contributed by atoms with E-state index in [0.29, 0.717) is 0 Å². The van der Waals surface area contributed by atoms with Crippen LogP contribution < -0.4 is 0 Å². The fourth-order valence-electron chi connectivity index (χ4n) is 0. The molecule has 6 atom stereocenters. The molecule has 0 radical (unpaired) electrons. The zero-order valence-electron chi connectivity index (χ0n) is 10.5. The fourth-order valence-corrected chi connectivity index (χ4v) is 0. The Morgan fingerprint density at radius 2 is 0.360 bits per heavy atom. The maximum Gasteiger partial charge on any atom is 6.00 e. The Morgan fingerprint density at radius 1 is 0.360 bits per heavy atom. The zero-order valence-corrected chi connectivity index (χ0v) is 19.6. The van der Waals surface area contributed by atoms with Crippen molar-refractivity contribution in [2.45, 2.75) is 0 Å². The summed E-state index contributed by atoms with van der Waals surface area (Å²) in [6, 6.07) is 0. The van der Waals surface area contributed by atoms with Crippen LogP contribution in [0.25, 0.3) is 0 Å². The molecule has 0 amide bonds. The minimum atomic E-state index is -2.86. The van der Waals surface area contributed by atoms with Crippen LogP contribution in [0.4, 0.5) is 0 Å². The van der Waals surface area contributed by atoms with Crippen LogP contribution in [-0.4, -0.2) is 79.9 Å². The number of rotatable bonds is 0. The van der Waals surface area contributed by atoms with Crippen LogP contribution in [0.5, 0.6) is 0 Å². The van der Waals surface area contributed by atoms with Crippen molar-refractivity contribution in [2.24, 2.45) is 0 Å². The van der Waals surface area contributed by atoms with Gasteiger partial charge in [-0.3, -0.25) is 0 Å². The van der Waals surface area contributed by atoms with Gasteiger partial charge in [0.25, 0.3) is 0 Å². The molecule has 18 nitrogen and oxygen atoms in total. The van der Waals surface area contributed by atoms with Crippen molar-refractivity contribution < 1.29 is 111 Å². The van der Waals surface area contributed by atoms with E-state index >= 15 is 0 Å². The van der Waals surface area contributed by atoms with Crippen LogP contribution in [0.3, 0.4) is 0 Å². The van der Waals surface area contributed by atoms with Crippen molar-refractivity contribution in [3.8, 4) is 0 Å². The molecule has 25 heavy (non-hydrogen) atoms. The second kappa shape index (κ2) is 40.2. The summed E-state index contributed by atoms with van der Waals surface area (Å²) in [4.78, 5) is 0. The summed E-state index contributed by atoms with van der Waals surface area (Å²) < 4.78 is 144. The third-order valence-electron chi connectivity index (χ3n) is 0. The summed E-state index contributed by atoms with van der Waals surface area (Å²) >= 11 is -17.2. The Hall–Kier alpha value is 1.47. The Bertz CT molecular complexity index is 257. The van der Waals surface area contributed by atoms with Crippen LogP contribution in [-0.2, 0) is 68.2 Å². The third-order valence-corrected chi connectivity index (χ3v) is 0. The summed E-state index contributed by atoms with van der Waals surface area (Å²) in [6.07, 6.45) is 0.